The molecule has 17 heavy (non-hydrogen) atoms. The van der Waals surface area contributed by atoms with Crippen LogP contribution in [-0.4, -0.2) is 18.2 Å². The molecule has 0 aromatic heterocycles. The van der Waals surface area contributed by atoms with Crippen molar-refractivity contribution in [2.24, 2.45) is 0 Å². The van der Waals surface area contributed by atoms with Gasteiger partial charge < -0.3 is 9.53 Å². The number of rotatable bonds is 8. The van der Waals surface area contributed by atoms with Gasteiger partial charge in [-0.1, -0.05) is 18.2 Å². The number of ketones is 2. The molecule has 0 bridgehead atoms. The molecule has 3 heteroatoms. The maximum atomic E-state index is 11.5. The zero-order valence-corrected chi connectivity index (χ0v) is 10.1. The number of ether oxygens (including phenoxy) is 1. The van der Waals surface area contributed by atoms with Crippen molar-refractivity contribution in [3.63, 3.8) is 0 Å². The summed E-state index contributed by atoms with van der Waals surface area (Å²) in [4.78, 5) is 22.1. The molecule has 0 saturated carbocycles. The second kappa shape index (κ2) is 7.60. The van der Waals surface area contributed by atoms with E-state index in [1.807, 2.05) is 30.3 Å². The van der Waals surface area contributed by atoms with Gasteiger partial charge in [-0.2, -0.15) is 0 Å². The van der Waals surface area contributed by atoms with E-state index < -0.39 is 0 Å². The SMILES string of the molecule is CC(=O)CCCCC(=O)COc1ccccc1. The third-order valence-electron chi connectivity index (χ3n) is 2.38. The van der Waals surface area contributed by atoms with Crippen LogP contribution >= 0.6 is 0 Å². The maximum absolute atomic E-state index is 11.5. The zero-order chi connectivity index (χ0) is 12.5. The van der Waals surface area contributed by atoms with Crippen molar-refractivity contribution in [3.05, 3.63) is 30.3 Å². The van der Waals surface area contributed by atoms with E-state index in [2.05, 4.69) is 0 Å². The average molecular weight is 234 g/mol. The molecule has 0 radical (unpaired) electrons. The molecule has 1 rings (SSSR count). The van der Waals surface area contributed by atoms with Crippen LogP contribution in [0.25, 0.3) is 0 Å². The van der Waals surface area contributed by atoms with Crippen LogP contribution in [0.4, 0.5) is 0 Å². The number of Topliss-reactive ketones (excluding diaryl/α,β-unsaturated/α-hetero) is 2. The van der Waals surface area contributed by atoms with Crippen LogP contribution in [0.5, 0.6) is 5.75 Å². The van der Waals surface area contributed by atoms with Gasteiger partial charge in [0.2, 0.25) is 0 Å². The molecule has 0 amide bonds. The normalized spacial score (nSPS) is 9.94. The van der Waals surface area contributed by atoms with Crippen LogP contribution in [0.15, 0.2) is 30.3 Å². The first-order valence-electron chi connectivity index (χ1n) is 5.87. The van der Waals surface area contributed by atoms with Crippen molar-refractivity contribution < 1.29 is 14.3 Å². The van der Waals surface area contributed by atoms with Crippen molar-refractivity contribution in [1.82, 2.24) is 0 Å². The number of hydrogen-bond acceptors (Lipinski definition) is 3. The number of carbonyl (C=O) groups is 2. The Bertz CT molecular complexity index is 357. The highest BCUT2D eigenvalue weighted by Gasteiger charge is 2.03. The van der Waals surface area contributed by atoms with Crippen molar-refractivity contribution in [3.8, 4) is 5.75 Å². The minimum Gasteiger partial charge on any atom is -0.486 e. The van der Waals surface area contributed by atoms with Gasteiger partial charge in [-0.25, -0.2) is 0 Å². The molecular weight excluding hydrogens is 216 g/mol. The number of hydrogen-bond donors (Lipinski definition) is 0. The highest BCUT2D eigenvalue weighted by atomic mass is 16.5. The molecule has 1 aromatic rings. The van der Waals surface area contributed by atoms with Gasteiger partial charge >= 0.3 is 0 Å². The Morgan fingerprint density at radius 1 is 1.06 bits per heavy atom. The van der Waals surface area contributed by atoms with Crippen molar-refractivity contribution in [2.75, 3.05) is 6.61 Å². The topological polar surface area (TPSA) is 43.4 Å². The maximum Gasteiger partial charge on any atom is 0.170 e. The predicted octanol–water partition coefficient (Wildman–Crippen LogP) is 2.78. The van der Waals surface area contributed by atoms with Gasteiger partial charge in [0.05, 0.1) is 0 Å². The smallest absolute Gasteiger partial charge is 0.170 e. The summed E-state index contributed by atoms with van der Waals surface area (Å²) in [5, 5.41) is 0. The molecule has 0 atom stereocenters. The highest BCUT2D eigenvalue weighted by molar-refractivity contribution is 5.80. The van der Waals surface area contributed by atoms with E-state index in [0.29, 0.717) is 18.6 Å². The van der Waals surface area contributed by atoms with Crippen LogP contribution in [0.3, 0.4) is 0 Å². The number of benzene rings is 1. The summed E-state index contributed by atoms with van der Waals surface area (Å²) in [6, 6.07) is 9.28. The standard InChI is InChI=1S/C14H18O3/c1-12(15)7-5-6-8-13(16)11-17-14-9-3-2-4-10-14/h2-4,9-10H,5-8,11H2,1H3. The molecule has 0 spiro atoms. The molecule has 0 fully saturated rings. The fourth-order valence-electron chi connectivity index (χ4n) is 1.45. The molecule has 0 unspecified atom stereocenters. The van der Waals surface area contributed by atoms with E-state index in [-0.39, 0.29) is 18.2 Å². The fraction of sp³-hybridized carbons (Fsp3) is 0.429. The minimum absolute atomic E-state index is 0.0809. The van der Waals surface area contributed by atoms with Crippen molar-refractivity contribution in [1.29, 1.82) is 0 Å². The Morgan fingerprint density at radius 3 is 2.35 bits per heavy atom. The van der Waals surface area contributed by atoms with E-state index >= 15 is 0 Å². The Kier molecular flexibility index (Phi) is 6.00. The largest absolute Gasteiger partial charge is 0.486 e. The minimum atomic E-state index is 0.0809. The fourth-order valence-corrected chi connectivity index (χ4v) is 1.45. The molecule has 0 N–H and O–H groups in total. The van der Waals surface area contributed by atoms with Crippen molar-refractivity contribution >= 4 is 11.6 Å². The van der Waals surface area contributed by atoms with Gasteiger partial charge in [0.1, 0.15) is 18.1 Å². The van der Waals surface area contributed by atoms with Gasteiger partial charge in [-0.15, -0.1) is 0 Å². The van der Waals surface area contributed by atoms with Crippen LogP contribution in [-0.2, 0) is 9.59 Å². The van der Waals surface area contributed by atoms with E-state index in [0.717, 1.165) is 12.8 Å². The highest BCUT2D eigenvalue weighted by Crippen LogP contribution is 2.09. The van der Waals surface area contributed by atoms with E-state index in [9.17, 15) is 9.59 Å². The van der Waals surface area contributed by atoms with Gasteiger partial charge in [-0.05, 0) is 31.9 Å². The Hall–Kier alpha value is -1.64. The molecule has 0 aliphatic carbocycles. The first-order chi connectivity index (χ1) is 8.18. The lowest BCUT2D eigenvalue weighted by Crippen LogP contribution is -2.10. The van der Waals surface area contributed by atoms with E-state index in [1.165, 1.54) is 0 Å². The van der Waals surface area contributed by atoms with Crippen LogP contribution in [0.2, 0.25) is 0 Å². The lowest BCUT2D eigenvalue weighted by Gasteiger charge is -2.04. The molecule has 0 saturated heterocycles. The molecule has 0 heterocycles. The third-order valence-corrected chi connectivity index (χ3v) is 2.38. The predicted molar refractivity (Wildman–Crippen MR) is 66.1 cm³/mol. The Balaban J connectivity index is 2.11. The second-order valence-corrected chi connectivity index (χ2v) is 4.05. The second-order valence-electron chi connectivity index (χ2n) is 4.05. The quantitative estimate of drug-likeness (QED) is 0.649. The van der Waals surface area contributed by atoms with E-state index in [4.69, 9.17) is 4.74 Å². The summed E-state index contributed by atoms with van der Waals surface area (Å²) in [6.07, 6.45) is 2.59. The summed E-state index contributed by atoms with van der Waals surface area (Å²) >= 11 is 0. The molecule has 0 aliphatic rings. The van der Waals surface area contributed by atoms with Crippen LogP contribution in [0, 0.1) is 0 Å². The van der Waals surface area contributed by atoms with Gasteiger partial charge in [0, 0.05) is 12.8 Å². The van der Waals surface area contributed by atoms with Crippen LogP contribution in [0.1, 0.15) is 32.6 Å². The van der Waals surface area contributed by atoms with Gasteiger partial charge in [-0.3, -0.25) is 4.79 Å². The first kappa shape index (κ1) is 13.4. The third kappa shape index (κ3) is 6.51. The number of carbonyl (C=O) groups excluding carboxylic acids is 2. The molecule has 92 valence electrons. The summed E-state index contributed by atoms with van der Waals surface area (Å²) < 4.78 is 5.33. The summed E-state index contributed by atoms with van der Waals surface area (Å²) in [5.74, 6) is 0.972. The molecular formula is C14H18O3. The molecule has 1 aromatic carbocycles. The lowest BCUT2D eigenvalue weighted by molar-refractivity contribution is -0.121. The Labute approximate surface area is 102 Å². The monoisotopic (exact) mass is 234 g/mol. The first-order valence-corrected chi connectivity index (χ1v) is 5.87. The van der Waals surface area contributed by atoms with Gasteiger partial charge in [0.25, 0.3) is 0 Å². The summed E-state index contributed by atoms with van der Waals surface area (Å²) in [7, 11) is 0. The lowest BCUT2D eigenvalue weighted by atomic mass is 10.1. The number of para-hydroxylation sites is 1. The average Bonchev–Trinajstić information content (AvgIpc) is 2.33. The Morgan fingerprint density at radius 2 is 1.71 bits per heavy atom. The van der Waals surface area contributed by atoms with Crippen LogP contribution < -0.4 is 4.74 Å². The summed E-state index contributed by atoms with van der Waals surface area (Å²) in [5.41, 5.74) is 0. The molecule has 3 nitrogen and oxygen atoms in total. The summed E-state index contributed by atoms with van der Waals surface area (Å²) in [6.45, 7) is 1.68. The van der Waals surface area contributed by atoms with Crippen molar-refractivity contribution in [2.45, 2.75) is 32.6 Å². The van der Waals surface area contributed by atoms with E-state index in [1.54, 1.807) is 6.92 Å². The number of unbranched alkanes of at least 4 members (excludes halogenated alkanes) is 1. The van der Waals surface area contributed by atoms with Gasteiger partial charge in [0.15, 0.2) is 5.78 Å². The molecule has 0 aliphatic heterocycles. The zero-order valence-electron chi connectivity index (χ0n) is 10.1.